The van der Waals surface area contributed by atoms with Crippen LogP contribution < -0.4 is 15.8 Å². The smallest absolute Gasteiger partial charge is 0.404 e. The average molecular weight is 288 g/mol. The summed E-state index contributed by atoms with van der Waals surface area (Å²) in [7, 11) is 1.66. The van der Waals surface area contributed by atoms with Gasteiger partial charge in [-0.3, -0.25) is 0 Å². The summed E-state index contributed by atoms with van der Waals surface area (Å²) in [6, 6.07) is 12.5. The maximum Gasteiger partial charge on any atom is 0.404 e. The second-order valence-corrected chi connectivity index (χ2v) is 4.82. The summed E-state index contributed by atoms with van der Waals surface area (Å²) in [5, 5.41) is 5.59. The number of amides is 1. The first kappa shape index (κ1) is 15.1. The summed E-state index contributed by atoms with van der Waals surface area (Å²) >= 11 is 0. The lowest BCUT2D eigenvalue weighted by atomic mass is 10.0. The first-order chi connectivity index (χ1) is 10.1. The van der Waals surface area contributed by atoms with Crippen LogP contribution in [0.5, 0.6) is 5.75 Å². The zero-order valence-electron chi connectivity index (χ0n) is 12.3. The Balaban J connectivity index is 2.02. The van der Waals surface area contributed by atoms with Gasteiger partial charge in [0.05, 0.1) is 7.11 Å². The van der Waals surface area contributed by atoms with Gasteiger partial charge in [-0.15, -0.1) is 0 Å². The Hall–Kier alpha value is -2.27. The molecule has 5 nitrogen and oxygen atoms in total. The summed E-state index contributed by atoms with van der Waals surface area (Å²) in [6.07, 6.45) is -0.746. The topological polar surface area (TPSA) is 73.6 Å². The molecule has 2 aromatic rings. The number of nitrogens with one attached hydrogen (secondary N) is 1. The Labute approximate surface area is 124 Å². The number of carbonyl (C=O) groups is 1. The highest BCUT2D eigenvalue weighted by atomic mass is 16.5. The second kappa shape index (κ2) is 6.95. The second-order valence-electron chi connectivity index (χ2n) is 4.82. The summed E-state index contributed by atoms with van der Waals surface area (Å²) in [5.41, 5.74) is 6.08. The molecule has 2 rings (SSSR count). The van der Waals surface area contributed by atoms with E-state index in [9.17, 15) is 4.79 Å². The molecule has 1 unspecified atom stereocenters. The van der Waals surface area contributed by atoms with E-state index in [1.165, 1.54) is 5.56 Å². The third-order valence-corrected chi connectivity index (χ3v) is 3.37. The zero-order chi connectivity index (χ0) is 15.2. The molecule has 3 N–H and O–H groups in total. The number of ether oxygens (including phenoxy) is 2. The number of nitrogens with two attached hydrogens (primary N) is 1. The highest BCUT2D eigenvalue weighted by molar-refractivity contribution is 5.84. The lowest BCUT2D eigenvalue weighted by Gasteiger charge is -2.15. The standard InChI is InChI=1S/C16H20N2O3/c1-11(18-7-8-21-16(17)19)12-3-4-14-10-15(20-2)6-5-13(14)9-12/h3-6,9-11,18H,7-8H2,1-2H3,(H2,17,19). The van der Waals surface area contributed by atoms with E-state index in [4.69, 9.17) is 10.5 Å². The molecule has 1 amide bonds. The summed E-state index contributed by atoms with van der Waals surface area (Å²) in [4.78, 5) is 10.5. The molecule has 2 aromatic carbocycles. The molecule has 0 aliphatic heterocycles. The minimum atomic E-state index is -0.746. The lowest BCUT2D eigenvalue weighted by Crippen LogP contribution is -2.25. The van der Waals surface area contributed by atoms with Gasteiger partial charge in [-0.25, -0.2) is 4.79 Å². The Kier molecular flexibility index (Phi) is 5.00. The number of benzene rings is 2. The van der Waals surface area contributed by atoms with Crippen LogP contribution in [-0.2, 0) is 4.74 Å². The molecular weight excluding hydrogens is 268 g/mol. The molecule has 5 heteroatoms. The normalized spacial score (nSPS) is 12.1. The first-order valence-electron chi connectivity index (χ1n) is 6.83. The van der Waals surface area contributed by atoms with Crippen LogP contribution >= 0.6 is 0 Å². The lowest BCUT2D eigenvalue weighted by molar-refractivity contribution is 0.156. The van der Waals surface area contributed by atoms with E-state index >= 15 is 0 Å². The fourth-order valence-corrected chi connectivity index (χ4v) is 2.18. The number of methoxy groups -OCH3 is 1. The molecule has 21 heavy (non-hydrogen) atoms. The molecule has 112 valence electrons. The van der Waals surface area contributed by atoms with Crippen molar-refractivity contribution in [3.05, 3.63) is 42.0 Å². The van der Waals surface area contributed by atoms with Crippen molar-refractivity contribution in [1.82, 2.24) is 5.32 Å². The van der Waals surface area contributed by atoms with Crippen LogP contribution in [0.15, 0.2) is 36.4 Å². The quantitative estimate of drug-likeness (QED) is 0.801. The molecule has 0 bridgehead atoms. The number of hydrogen-bond acceptors (Lipinski definition) is 4. The van der Waals surface area contributed by atoms with Crippen LogP contribution in [-0.4, -0.2) is 26.4 Å². The van der Waals surface area contributed by atoms with E-state index in [0.29, 0.717) is 6.54 Å². The van der Waals surface area contributed by atoms with Gasteiger partial charge < -0.3 is 20.5 Å². The maximum atomic E-state index is 10.5. The minimum absolute atomic E-state index is 0.160. The number of primary amides is 1. The largest absolute Gasteiger partial charge is 0.497 e. The fraction of sp³-hybridized carbons (Fsp3) is 0.312. The predicted octanol–water partition coefficient (Wildman–Crippen LogP) is 2.59. The van der Waals surface area contributed by atoms with Crippen molar-refractivity contribution >= 4 is 16.9 Å². The maximum absolute atomic E-state index is 10.5. The van der Waals surface area contributed by atoms with Crippen LogP contribution in [0.3, 0.4) is 0 Å². The van der Waals surface area contributed by atoms with Crippen LogP contribution in [0.2, 0.25) is 0 Å². The molecule has 0 aliphatic carbocycles. The van der Waals surface area contributed by atoms with Crippen LogP contribution in [0, 0.1) is 0 Å². The summed E-state index contributed by atoms with van der Waals surface area (Å²) in [5.74, 6) is 0.852. The molecule has 0 aromatic heterocycles. The zero-order valence-corrected chi connectivity index (χ0v) is 12.3. The first-order valence-corrected chi connectivity index (χ1v) is 6.83. The van der Waals surface area contributed by atoms with Gasteiger partial charge in [0.15, 0.2) is 0 Å². The van der Waals surface area contributed by atoms with Crippen molar-refractivity contribution < 1.29 is 14.3 Å². The van der Waals surface area contributed by atoms with Crippen molar-refractivity contribution in [1.29, 1.82) is 0 Å². The van der Waals surface area contributed by atoms with Crippen molar-refractivity contribution in [2.45, 2.75) is 13.0 Å². The third-order valence-electron chi connectivity index (χ3n) is 3.37. The molecule has 0 spiro atoms. The molecule has 0 saturated carbocycles. The monoisotopic (exact) mass is 288 g/mol. The number of carbonyl (C=O) groups excluding carboxylic acids is 1. The van der Waals surface area contributed by atoms with Gasteiger partial charge in [0, 0.05) is 12.6 Å². The van der Waals surface area contributed by atoms with Crippen LogP contribution in [0.25, 0.3) is 10.8 Å². The van der Waals surface area contributed by atoms with Gasteiger partial charge in [0.25, 0.3) is 0 Å². The molecular formula is C16H20N2O3. The van der Waals surface area contributed by atoms with Crippen LogP contribution in [0.4, 0.5) is 4.79 Å². The highest BCUT2D eigenvalue weighted by Gasteiger charge is 2.06. The van der Waals surface area contributed by atoms with E-state index < -0.39 is 6.09 Å². The van der Waals surface area contributed by atoms with Gasteiger partial charge in [-0.1, -0.05) is 18.2 Å². The van der Waals surface area contributed by atoms with Crippen molar-refractivity contribution in [3.8, 4) is 5.75 Å². The molecule has 0 saturated heterocycles. The van der Waals surface area contributed by atoms with Gasteiger partial charge in [0.1, 0.15) is 12.4 Å². The van der Waals surface area contributed by atoms with E-state index in [1.807, 2.05) is 18.2 Å². The van der Waals surface area contributed by atoms with Gasteiger partial charge in [0.2, 0.25) is 0 Å². The molecule has 1 atom stereocenters. The molecule has 0 radical (unpaired) electrons. The SMILES string of the molecule is COc1ccc2cc(C(C)NCCOC(N)=O)ccc2c1. The number of rotatable bonds is 6. The Morgan fingerprint density at radius 1 is 1.24 bits per heavy atom. The Morgan fingerprint density at radius 2 is 1.95 bits per heavy atom. The van der Waals surface area contributed by atoms with Crippen LogP contribution in [0.1, 0.15) is 18.5 Å². The Bertz CT molecular complexity index is 628. The van der Waals surface area contributed by atoms with Gasteiger partial charge in [-0.05, 0) is 41.5 Å². The van der Waals surface area contributed by atoms with E-state index in [2.05, 4.69) is 35.2 Å². The Morgan fingerprint density at radius 3 is 2.67 bits per heavy atom. The molecule has 0 heterocycles. The van der Waals surface area contributed by atoms with Crippen molar-refractivity contribution in [2.24, 2.45) is 5.73 Å². The fourth-order valence-electron chi connectivity index (χ4n) is 2.18. The number of hydrogen-bond donors (Lipinski definition) is 2. The van der Waals surface area contributed by atoms with E-state index in [-0.39, 0.29) is 12.6 Å². The number of fused-ring (bicyclic) bond motifs is 1. The van der Waals surface area contributed by atoms with Crippen molar-refractivity contribution in [2.75, 3.05) is 20.3 Å². The predicted molar refractivity (Wildman–Crippen MR) is 82.5 cm³/mol. The van der Waals surface area contributed by atoms with Gasteiger partial charge in [-0.2, -0.15) is 0 Å². The minimum Gasteiger partial charge on any atom is -0.497 e. The van der Waals surface area contributed by atoms with E-state index in [0.717, 1.165) is 16.5 Å². The summed E-state index contributed by atoms with van der Waals surface area (Å²) in [6.45, 7) is 2.89. The van der Waals surface area contributed by atoms with E-state index in [1.54, 1.807) is 7.11 Å². The van der Waals surface area contributed by atoms with Gasteiger partial charge >= 0.3 is 6.09 Å². The highest BCUT2D eigenvalue weighted by Crippen LogP contribution is 2.24. The van der Waals surface area contributed by atoms with Crippen molar-refractivity contribution in [3.63, 3.8) is 0 Å². The molecule has 0 aliphatic rings. The summed E-state index contributed by atoms with van der Waals surface area (Å²) < 4.78 is 9.91. The molecule has 0 fully saturated rings. The third kappa shape index (κ3) is 4.10. The average Bonchev–Trinajstić information content (AvgIpc) is 2.50.